The van der Waals surface area contributed by atoms with Gasteiger partial charge in [-0.1, -0.05) is 43.2 Å². The first-order valence-electron chi connectivity index (χ1n) is 6.64. The molecule has 1 aliphatic carbocycles. The second-order valence-corrected chi connectivity index (χ2v) is 4.76. The molecule has 0 spiro atoms. The molecule has 0 saturated heterocycles. The minimum atomic E-state index is 0.688. The highest BCUT2D eigenvalue weighted by molar-refractivity contribution is 5.13. The van der Waals surface area contributed by atoms with Crippen LogP contribution in [0.2, 0.25) is 0 Å². The van der Waals surface area contributed by atoms with E-state index in [-0.39, 0.29) is 0 Å². The minimum absolute atomic E-state index is 0.688. The highest BCUT2D eigenvalue weighted by atomic mass is 16.5. The smallest absolute Gasteiger partial charge is 0.0718 e. The van der Waals surface area contributed by atoms with E-state index in [0.717, 1.165) is 19.1 Å². The number of hydrogen-bond donors (Lipinski definition) is 0. The highest BCUT2D eigenvalue weighted by Crippen LogP contribution is 2.24. The van der Waals surface area contributed by atoms with Crippen LogP contribution >= 0.6 is 0 Å². The average Bonchev–Trinajstić information content (AvgIpc) is 2.88. The van der Waals surface area contributed by atoms with E-state index in [4.69, 9.17) is 9.47 Å². The summed E-state index contributed by atoms with van der Waals surface area (Å²) >= 11 is 0. The van der Waals surface area contributed by atoms with E-state index in [9.17, 15) is 0 Å². The van der Waals surface area contributed by atoms with Crippen molar-refractivity contribution >= 4 is 0 Å². The van der Waals surface area contributed by atoms with Crippen LogP contribution in [0.5, 0.6) is 0 Å². The summed E-state index contributed by atoms with van der Waals surface area (Å²) < 4.78 is 11.2. The van der Waals surface area contributed by atoms with Gasteiger partial charge in [0.25, 0.3) is 0 Å². The summed E-state index contributed by atoms with van der Waals surface area (Å²) in [5.74, 6) is 0.809. The Hall–Kier alpha value is -0.860. The Labute approximate surface area is 104 Å². The van der Waals surface area contributed by atoms with Gasteiger partial charge in [-0.05, 0) is 24.3 Å². The molecule has 94 valence electrons. The van der Waals surface area contributed by atoms with E-state index in [1.165, 1.54) is 31.2 Å². The zero-order chi connectivity index (χ0) is 11.8. The lowest BCUT2D eigenvalue weighted by atomic mass is 10.1. The first kappa shape index (κ1) is 12.6. The number of rotatable bonds is 7. The fourth-order valence-electron chi connectivity index (χ4n) is 2.31. The summed E-state index contributed by atoms with van der Waals surface area (Å²) in [5, 5.41) is 0. The summed E-state index contributed by atoms with van der Waals surface area (Å²) in [5.41, 5.74) is 1.23. The maximum atomic E-state index is 5.63. The maximum absolute atomic E-state index is 5.63. The molecule has 2 heteroatoms. The summed E-state index contributed by atoms with van der Waals surface area (Å²) in [6.45, 7) is 3.03. The zero-order valence-corrected chi connectivity index (χ0v) is 10.4. The van der Waals surface area contributed by atoms with Gasteiger partial charge in [-0.25, -0.2) is 0 Å². The molecule has 1 aromatic carbocycles. The van der Waals surface area contributed by atoms with Crippen molar-refractivity contribution in [1.82, 2.24) is 0 Å². The maximum Gasteiger partial charge on any atom is 0.0718 e. The number of hydrogen-bond acceptors (Lipinski definition) is 2. The number of benzene rings is 1. The average molecular weight is 234 g/mol. The highest BCUT2D eigenvalue weighted by Gasteiger charge is 2.14. The van der Waals surface area contributed by atoms with E-state index in [0.29, 0.717) is 13.2 Å². The zero-order valence-electron chi connectivity index (χ0n) is 10.4. The van der Waals surface area contributed by atoms with Gasteiger partial charge in [0.2, 0.25) is 0 Å². The molecular weight excluding hydrogens is 212 g/mol. The molecule has 0 amide bonds. The van der Waals surface area contributed by atoms with Crippen molar-refractivity contribution < 1.29 is 9.47 Å². The second-order valence-electron chi connectivity index (χ2n) is 4.76. The van der Waals surface area contributed by atoms with Crippen molar-refractivity contribution in [3.8, 4) is 0 Å². The van der Waals surface area contributed by atoms with E-state index in [1.54, 1.807) is 0 Å². The van der Waals surface area contributed by atoms with Crippen molar-refractivity contribution in [2.75, 3.05) is 19.8 Å². The molecule has 0 heterocycles. The standard InChI is InChI=1S/C15H22O2/c1-2-6-14(7-3-1)12-16-10-11-17-13-15-8-4-5-9-15/h1-3,6-7,15H,4-5,8-13H2. The third-order valence-corrected chi connectivity index (χ3v) is 3.31. The lowest BCUT2D eigenvalue weighted by Crippen LogP contribution is -2.10. The molecular formula is C15H22O2. The molecule has 1 aromatic rings. The van der Waals surface area contributed by atoms with E-state index in [2.05, 4.69) is 12.1 Å². The predicted molar refractivity (Wildman–Crippen MR) is 68.9 cm³/mol. The lowest BCUT2D eigenvalue weighted by molar-refractivity contribution is 0.0282. The SMILES string of the molecule is c1ccc(COCCOCC2CCCC2)cc1. The molecule has 0 atom stereocenters. The molecule has 1 aliphatic rings. The van der Waals surface area contributed by atoms with Gasteiger partial charge in [0, 0.05) is 6.61 Å². The molecule has 0 N–H and O–H groups in total. The van der Waals surface area contributed by atoms with E-state index >= 15 is 0 Å². The van der Waals surface area contributed by atoms with Crippen LogP contribution in [0.15, 0.2) is 30.3 Å². The van der Waals surface area contributed by atoms with Gasteiger partial charge in [0.05, 0.1) is 19.8 Å². The van der Waals surface area contributed by atoms with Gasteiger partial charge in [0.1, 0.15) is 0 Å². The van der Waals surface area contributed by atoms with Crippen LogP contribution in [-0.4, -0.2) is 19.8 Å². The monoisotopic (exact) mass is 234 g/mol. The van der Waals surface area contributed by atoms with Crippen molar-refractivity contribution in [2.24, 2.45) is 5.92 Å². The van der Waals surface area contributed by atoms with Crippen molar-refractivity contribution in [3.05, 3.63) is 35.9 Å². The fourth-order valence-corrected chi connectivity index (χ4v) is 2.31. The van der Waals surface area contributed by atoms with Crippen molar-refractivity contribution in [2.45, 2.75) is 32.3 Å². The number of ether oxygens (including phenoxy) is 2. The first-order chi connectivity index (χ1) is 8.45. The Kier molecular flexibility index (Phi) is 5.53. The van der Waals surface area contributed by atoms with Crippen LogP contribution in [0.4, 0.5) is 0 Å². The summed E-state index contributed by atoms with van der Waals surface area (Å²) in [4.78, 5) is 0. The Balaban J connectivity index is 1.46. The second kappa shape index (κ2) is 7.46. The van der Waals surface area contributed by atoms with E-state index in [1.807, 2.05) is 18.2 Å². The molecule has 0 unspecified atom stereocenters. The quantitative estimate of drug-likeness (QED) is 0.673. The summed E-state index contributed by atoms with van der Waals surface area (Å²) in [7, 11) is 0. The van der Waals surface area contributed by atoms with Crippen LogP contribution in [0.3, 0.4) is 0 Å². The van der Waals surface area contributed by atoms with Crippen LogP contribution in [-0.2, 0) is 16.1 Å². The molecule has 2 rings (SSSR count). The van der Waals surface area contributed by atoms with Crippen LogP contribution in [0.25, 0.3) is 0 Å². The van der Waals surface area contributed by atoms with E-state index < -0.39 is 0 Å². The van der Waals surface area contributed by atoms with Gasteiger partial charge in [-0.3, -0.25) is 0 Å². The predicted octanol–water partition coefficient (Wildman–Crippen LogP) is 3.41. The molecule has 2 nitrogen and oxygen atoms in total. The van der Waals surface area contributed by atoms with Crippen molar-refractivity contribution in [1.29, 1.82) is 0 Å². The van der Waals surface area contributed by atoms with Gasteiger partial charge < -0.3 is 9.47 Å². The molecule has 0 radical (unpaired) electrons. The fraction of sp³-hybridized carbons (Fsp3) is 0.600. The van der Waals surface area contributed by atoms with Crippen LogP contribution in [0.1, 0.15) is 31.2 Å². The first-order valence-corrected chi connectivity index (χ1v) is 6.64. The van der Waals surface area contributed by atoms with Gasteiger partial charge in [-0.15, -0.1) is 0 Å². The summed E-state index contributed by atoms with van der Waals surface area (Å²) in [6.07, 6.45) is 5.48. The Morgan fingerprint density at radius 2 is 1.65 bits per heavy atom. The normalized spacial score (nSPS) is 16.5. The van der Waals surface area contributed by atoms with Gasteiger partial charge >= 0.3 is 0 Å². The lowest BCUT2D eigenvalue weighted by Gasteiger charge is -2.10. The third kappa shape index (κ3) is 4.88. The summed E-state index contributed by atoms with van der Waals surface area (Å²) in [6, 6.07) is 10.3. The molecule has 1 fully saturated rings. The third-order valence-electron chi connectivity index (χ3n) is 3.31. The molecule has 0 aliphatic heterocycles. The molecule has 17 heavy (non-hydrogen) atoms. The Bertz CT molecular complexity index is 291. The Morgan fingerprint density at radius 1 is 0.941 bits per heavy atom. The van der Waals surface area contributed by atoms with Crippen molar-refractivity contribution in [3.63, 3.8) is 0 Å². The van der Waals surface area contributed by atoms with Gasteiger partial charge in [-0.2, -0.15) is 0 Å². The topological polar surface area (TPSA) is 18.5 Å². The minimum Gasteiger partial charge on any atom is -0.379 e. The molecule has 0 aromatic heterocycles. The van der Waals surface area contributed by atoms with Crippen LogP contribution in [0, 0.1) is 5.92 Å². The molecule has 1 saturated carbocycles. The van der Waals surface area contributed by atoms with Gasteiger partial charge in [0.15, 0.2) is 0 Å². The molecule has 0 bridgehead atoms. The Morgan fingerprint density at radius 3 is 2.41 bits per heavy atom. The van der Waals surface area contributed by atoms with Crippen LogP contribution < -0.4 is 0 Å². The largest absolute Gasteiger partial charge is 0.379 e.